The van der Waals surface area contributed by atoms with Gasteiger partial charge in [-0.15, -0.1) is 0 Å². The molecular formula is C29H34ClN3O6. The highest BCUT2D eigenvalue weighted by molar-refractivity contribution is 6.33. The molecule has 9 nitrogen and oxygen atoms in total. The molecule has 3 aliphatic heterocycles. The summed E-state index contributed by atoms with van der Waals surface area (Å²) in [4.78, 5) is 43.2. The van der Waals surface area contributed by atoms with Gasteiger partial charge in [-0.2, -0.15) is 0 Å². The molecule has 5 rings (SSSR count). The molecule has 208 valence electrons. The highest BCUT2D eigenvalue weighted by Gasteiger charge is 2.78. The van der Waals surface area contributed by atoms with Crippen LogP contribution in [0.25, 0.3) is 0 Å². The minimum absolute atomic E-state index is 0.318. The Bertz CT molecular complexity index is 1270. The van der Waals surface area contributed by atoms with E-state index in [0.717, 1.165) is 0 Å². The molecule has 2 aromatic carbocycles. The number of ether oxygens (including phenoxy) is 2. The van der Waals surface area contributed by atoms with Gasteiger partial charge in [0.1, 0.15) is 17.4 Å². The van der Waals surface area contributed by atoms with Gasteiger partial charge in [-0.3, -0.25) is 14.4 Å². The van der Waals surface area contributed by atoms with Gasteiger partial charge in [0.15, 0.2) is 0 Å². The van der Waals surface area contributed by atoms with Crippen molar-refractivity contribution in [2.75, 3.05) is 23.8 Å². The number of rotatable bonds is 9. The van der Waals surface area contributed by atoms with E-state index >= 15 is 0 Å². The Balaban J connectivity index is 1.49. The lowest BCUT2D eigenvalue weighted by Gasteiger charge is -2.36. The molecule has 3 N–H and O–H groups in total. The number of para-hydroxylation sites is 1. The zero-order valence-electron chi connectivity index (χ0n) is 22.3. The quantitative estimate of drug-likeness (QED) is 0.433. The molecule has 3 aliphatic rings. The predicted molar refractivity (Wildman–Crippen MR) is 147 cm³/mol. The van der Waals surface area contributed by atoms with E-state index in [4.69, 9.17) is 21.1 Å². The summed E-state index contributed by atoms with van der Waals surface area (Å²) in [5.74, 6) is -2.16. The zero-order chi connectivity index (χ0) is 27.9. The van der Waals surface area contributed by atoms with Gasteiger partial charge in [-0.25, -0.2) is 0 Å². The average Bonchev–Trinajstić information content (AvgIpc) is 3.48. The Hall–Kier alpha value is -3.14. The molecule has 0 radical (unpaired) electrons. The summed E-state index contributed by atoms with van der Waals surface area (Å²) in [6, 6.07) is 12.2. The summed E-state index contributed by atoms with van der Waals surface area (Å²) in [6.45, 7) is 5.79. The lowest BCUT2D eigenvalue weighted by Crippen LogP contribution is -2.56. The van der Waals surface area contributed by atoms with Crippen LogP contribution in [0.2, 0.25) is 5.02 Å². The molecule has 39 heavy (non-hydrogen) atoms. The summed E-state index contributed by atoms with van der Waals surface area (Å²) < 4.78 is 12.1. The first kappa shape index (κ1) is 27.4. The third-order valence-corrected chi connectivity index (χ3v) is 8.71. The number of benzene rings is 2. The Labute approximate surface area is 232 Å². The number of fused-ring (bicyclic) bond motifs is 1. The number of anilines is 2. The van der Waals surface area contributed by atoms with Crippen molar-refractivity contribution in [3.8, 4) is 5.75 Å². The van der Waals surface area contributed by atoms with E-state index < -0.39 is 41.0 Å². The van der Waals surface area contributed by atoms with Crippen LogP contribution in [0.3, 0.4) is 0 Å². The summed E-state index contributed by atoms with van der Waals surface area (Å²) in [7, 11) is 0. The molecule has 2 bridgehead atoms. The summed E-state index contributed by atoms with van der Waals surface area (Å²) in [5.41, 5.74) is -1.15. The molecule has 0 saturated carbocycles. The van der Waals surface area contributed by atoms with Gasteiger partial charge in [-0.05, 0) is 69.5 Å². The molecule has 0 aliphatic carbocycles. The maximum absolute atomic E-state index is 14.1. The molecular weight excluding hydrogens is 522 g/mol. The van der Waals surface area contributed by atoms with Crippen molar-refractivity contribution in [2.24, 2.45) is 11.8 Å². The van der Waals surface area contributed by atoms with Crippen LogP contribution in [-0.2, 0) is 19.1 Å². The largest absolute Gasteiger partial charge is 0.494 e. The van der Waals surface area contributed by atoms with Crippen LogP contribution in [-0.4, -0.2) is 64.2 Å². The van der Waals surface area contributed by atoms with Crippen molar-refractivity contribution in [1.82, 2.24) is 4.90 Å². The number of carbonyl (C=O) groups is 3. The highest BCUT2D eigenvalue weighted by atomic mass is 35.5. The van der Waals surface area contributed by atoms with Gasteiger partial charge in [0.05, 0.1) is 47.4 Å². The molecule has 2 unspecified atom stereocenters. The first-order valence-corrected chi connectivity index (χ1v) is 13.8. The maximum Gasteiger partial charge on any atom is 0.250 e. The monoisotopic (exact) mass is 555 g/mol. The number of likely N-dealkylation sites (tertiary alicyclic amines) is 1. The second-order valence-corrected chi connectivity index (χ2v) is 11.0. The molecule has 1 spiro atoms. The smallest absolute Gasteiger partial charge is 0.250 e. The summed E-state index contributed by atoms with van der Waals surface area (Å²) in [5, 5.41) is 16.3. The van der Waals surface area contributed by atoms with Crippen LogP contribution in [0.5, 0.6) is 5.75 Å². The van der Waals surface area contributed by atoms with E-state index in [-0.39, 0.29) is 18.4 Å². The minimum atomic E-state index is -1.21. The zero-order valence-corrected chi connectivity index (χ0v) is 23.0. The third-order valence-electron chi connectivity index (χ3n) is 8.39. The fraction of sp³-hybridized carbons (Fsp3) is 0.483. The van der Waals surface area contributed by atoms with Crippen molar-refractivity contribution in [3.63, 3.8) is 0 Å². The van der Waals surface area contributed by atoms with Crippen molar-refractivity contribution < 1.29 is 29.0 Å². The van der Waals surface area contributed by atoms with Gasteiger partial charge >= 0.3 is 0 Å². The minimum Gasteiger partial charge on any atom is -0.494 e. The Morgan fingerprint density at radius 1 is 1.13 bits per heavy atom. The Kier molecular flexibility index (Phi) is 7.35. The van der Waals surface area contributed by atoms with E-state index in [9.17, 15) is 19.5 Å². The van der Waals surface area contributed by atoms with Crippen molar-refractivity contribution >= 4 is 40.7 Å². The third kappa shape index (κ3) is 4.46. The van der Waals surface area contributed by atoms with Gasteiger partial charge < -0.3 is 30.1 Å². The molecule has 10 heteroatoms. The summed E-state index contributed by atoms with van der Waals surface area (Å²) >= 11 is 6.31. The van der Waals surface area contributed by atoms with Crippen LogP contribution in [0.15, 0.2) is 48.5 Å². The second kappa shape index (κ2) is 10.4. The normalized spacial score (nSPS) is 29.7. The second-order valence-electron chi connectivity index (χ2n) is 10.6. The average molecular weight is 556 g/mol. The molecule has 3 heterocycles. The number of hydrogen-bond donors (Lipinski definition) is 3. The number of hydrogen-bond acceptors (Lipinski definition) is 6. The maximum atomic E-state index is 14.1. The number of amides is 3. The first-order valence-electron chi connectivity index (χ1n) is 13.4. The van der Waals surface area contributed by atoms with E-state index in [0.29, 0.717) is 48.0 Å². The Morgan fingerprint density at radius 2 is 1.85 bits per heavy atom. The number of halogens is 1. The van der Waals surface area contributed by atoms with E-state index in [2.05, 4.69) is 10.6 Å². The summed E-state index contributed by atoms with van der Waals surface area (Å²) in [6.07, 6.45) is 1.38. The standard InChI is InChI=1S/C29H34ClN3O6/c1-4-18(16-34)33-24(26(36)32-21-9-7-6-8-20(21)30)29-15-14-28(3,39-29)22(23(29)27(33)37)25(35)31-17-10-12-19(13-11-17)38-5-2/h6-13,18,22-24,34H,4-5,14-16H2,1-3H3,(H,31,35)(H,32,36)/t18-,22+,23-,24?,28-,29?/m0/s1. The van der Waals surface area contributed by atoms with Crippen LogP contribution in [0, 0.1) is 11.8 Å². The van der Waals surface area contributed by atoms with E-state index in [1.54, 1.807) is 48.5 Å². The van der Waals surface area contributed by atoms with Crippen molar-refractivity contribution in [1.29, 1.82) is 0 Å². The van der Waals surface area contributed by atoms with Gasteiger partial charge in [0, 0.05) is 5.69 Å². The van der Waals surface area contributed by atoms with E-state index in [1.165, 1.54) is 4.90 Å². The Morgan fingerprint density at radius 3 is 2.49 bits per heavy atom. The van der Waals surface area contributed by atoms with E-state index in [1.807, 2.05) is 20.8 Å². The van der Waals surface area contributed by atoms with Crippen molar-refractivity contribution in [3.05, 3.63) is 53.6 Å². The topological polar surface area (TPSA) is 117 Å². The molecule has 2 aromatic rings. The number of carbonyl (C=O) groups excluding carboxylic acids is 3. The molecule has 3 saturated heterocycles. The molecule has 3 fully saturated rings. The highest BCUT2D eigenvalue weighted by Crippen LogP contribution is 2.63. The van der Waals surface area contributed by atoms with Gasteiger partial charge in [-0.1, -0.05) is 30.7 Å². The first-order chi connectivity index (χ1) is 18.7. The SMILES string of the molecule is CCOc1ccc(NC(=O)[C@H]2[C@H]3C(=O)N([C@@H](CC)CO)C(C(=O)Nc4ccccc4Cl)C34CC[C@]2(C)O4)cc1. The molecule has 6 atom stereocenters. The molecule has 3 amide bonds. The van der Waals surface area contributed by atoms with Gasteiger partial charge in [0.25, 0.3) is 0 Å². The number of nitrogens with zero attached hydrogens (tertiary/aromatic N) is 1. The fourth-order valence-electron chi connectivity index (χ4n) is 6.66. The van der Waals surface area contributed by atoms with Crippen molar-refractivity contribution in [2.45, 2.75) is 63.3 Å². The van der Waals surface area contributed by atoms with Gasteiger partial charge in [0.2, 0.25) is 17.7 Å². The fourth-order valence-corrected chi connectivity index (χ4v) is 6.84. The lowest BCUT2D eigenvalue weighted by molar-refractivity contribution is -0.146. The predicted octanol–water partition coefficient (Wildman–Crippen LogP) is 3.85. The van der Waals surface area contributed by atoms with Crippen LogP contribution in [0.1, 0.15) is 40.0 Å². The van der Waals surface area contributed by atoms with Crippen LogP contribution < -0.4 is 15.4 Å². The van der Waals surface area contributed by atoms with Crippen LogP contribution >= 0.6 is 11.6 Å². The number of aliphatic hydroxyl groups is 1. The van der Waals surface area contributed by atoms with Crippen LogP contribution in [0.4, 0.5) is 11.4 Å². The number of nitrogens with one attached hydrogen (secondary N) is 2. The molecule has 0 aromatic heterocycles. The lowest BCUT2D eigenvalue weighted by atomic mass is 9.66. The number of aliphatic hydroxyl groups excluding tert-OH is 1.